The van der Waals surface area contributed by atoms with Crippen LogP contribution < -0.4 is 5.32 Å². The maximum atomic E-state index is 12.2. The highest BCUT2D eigenvalue weighted by Crippen LogP contribution is 2.19. The van der Waals surface area contributed by atoms with E-state index in [0.717, 1.165) is 11.1 Å². The lowest BCUT2D eigenvalue weighted by Gasteiger charge is -2.12. The minimum atomic E-state index is -0.272. The Hall–Kier alpha value is -2.88. The van der Waals surface area contributed by atoms with E-state index in [-0.39, 0.29) is 17.7 Å². The van der Waals surface area contributed by atoms with Gasteiger partial charge >= 0.3 is 0 Å². The highest BCUT2D eigenvalue weighted by molar-refractivity contribution is 5.92. The lowest BCUT2D eigenvalue weighted by atomic mass is 10.1. The highest BCUT2D eigenvalue weighted by atomic mass is 16.5. The fourth-order valence-electron chi connectivity index (χ4n) is 2.22. The lowest BCUT2D eigenvalue weighted by molar-refractivity contribution is 0.0902. The van der Waals surface area contributed by atoms with E-state index in [0.29, 0.717) is 5.69 Å². The summed E-state index contributed by atoms with van der Waals surface area (Å²) in [6, 6.07) is 20.9. The van der Waals surface area contributed by atoms with Gasteiger partial charge < -0.3 is 9.84 Å². The van der Waals surface area contributed by atoms with Crippen LogP contribution in [0.1, 0.15) is 29.1 Å². The second kappa shape index (κ2) is 6.26. The fourth-order valence-corrected chi connectivity index (χ4v) is 2.22. The van der Waals surface area contributed by atoms with Gasteiger partial charge in [-0.05, 0) is 12.5 Å². The molecule has 2 aromatic carbocycles. The first-order chi connectivity index (χ1) is 10.7. The number of carbonyl (C=O) groups excluding carboxylic acids is 1. The second-order valence-electron chi connectivity index (χ2n) is 5.05. The summed E-state index contributed by atoms with van der Waals surface area (Å²) in [5.41, 5.74) is 2.61. The number of amides is 1. The summed E-state index contributed by atoms with van der Waals surface area (Å²) in [4.78, 5) is 12.2. The van der Waals surface area contributed by atoms with Crippen molar-refractivity contribution in [3.05, 3.63) is 78.1 Å². The molecule has 1 atom stereocenters. The first-order valence-corrected chi connectivity index (χ1v) is 7.12. The summed E-state index contributed by atoms with van der Waals surface area (Å²) in [5, 5.41) is 6.86. The molecule has 22 heavy (non-hydrogen) atoms. The van der Waals surface area contributed by atoms with Crippen molar-refractivity contribution in [3.8, 4) is 11.3 Å². The summed E-state index contributed by atoms with van der Waals surface area (Å²) in [6.07, 6.45) is 0. The van der Waals surface area contributed by atoms with Gasteiger partial charge in [-0.3, -0.25) is 4.79 Å². The molecule has 0 aliphatic rings. The van der Waals surface area contributed by atoms with Gasteiger partial charge in [-0.1, -0.05) is 65.8 Å². The smallest absolute Gasteiger partial charge is 0.290 e. The molecular weight excluding hydrogens is 276 g/mol. The Morgan fingerprint density at radius 3 is 2.36 bits per heavy atom. The van der Waals surface area contributed by atoms with Crippen LogP contribution in [0, 0.1) is 0 Å². The van der Waals surface area contributed by atoms with Crippen molar-refractivity contribution in [2.24, 2.45) is 0 Å². The zero-order chi connectivity index (χ0) is 15.4. The van der Waals surface area contributed by atoms with Crippen molar-refractivity contribution in [1.82, 2.24) is 10.5 Å². The normalized spacial score (nSPS) is 11.9. The number of rotatable bonds is 4. The van der Waals surface area contributed by atoms with Crippen LogP contribution in [0.15, 0.2) is 71.3 Å². The molecule has 3 aromatic rings. The van der Waals surface area contributed by atoms with Gasteiger partial charge in [0.25, 0.3) is 5.91 Å². The molecule has 4 heteroatoms. The molecule has 1 aromatic heterocycles. The van der Waals surface area contributed by atoms with E-state index in [2.05, 4.69) is 10.5 Å². The number of carbonyl (C=O) groups is 1. The van der Waals surface area contributed by atoms with Gasteiger partial charge in [0, 0.05) is 11.6 Å². The van der Waals surface area contributed by atoms with Gasteiger partial charge in [0.2, 0.25) is 5.76 Å². The molecule has 0 fully saturated rings. The average Bonchev–Trinajstić information content (AvgIpc) is 3.06. The van der Waals surface area contributed by atoms with Crippen molar-refractivity contribution < 1.29 is 9.32 Å². The third-order valence-electron chi connectivity index (χ3n) is 3.45. The number of benzene rings is 2. The molecule has 0 saturated carbocycles. The van der Waals surface area contributed by atoms with E-state index in [9.17, 15) is 4.79 Å². The van der Waals surface area contributed by atoms with E-state index >= 15 is 0 Å². The van der Waals surface area contributed by atoms with Crippen molar-refractivity contribution >= 4 is 5.91 Å². The molecule has 110 valence electrons. The van der Waals surface area contributed by atoms with E-state index in [1.807, 2.05) is 67.6 Å². The third-order valence-corrected chi connectivity index (χ3v) is 3.45. The van der Waals surface area contributed by atoms with Gasteiger partial charge in [0.15, 0.2) is 0 Å². The Balaban J connectivity index is 1.72. The van der Waals surface area contributed by atoms with Crippen LogP contribution in [-0.2, 0) is 0 Å². The zero-order valence-corrected chi connectivity index (χ0v) is 12.2. The molecule has 1 heterocycles. The van der Waals surface area contributed by atoms with Gasteiger partial charge in [-0.15, -0.1) is 0 Å². The average molecular weight is 292 g/mol. The lowest BCUT2D eigenvalue weighted by Crippen LogP contribution is -2.26. The van der Waals surface area contributed by atoms with E-state index in [4.69, 9.17) is 4.52 Å². The first-order valence-electron chi connectivity index (χ1n) is 7.12. The highest BCUT2D eigenvalue weighted by Gasteiger charge is 2.16. The van der Waals surface area contributed by atoms with Gasteiger partial charge in [-0.2, -0.15) is 0 Å². The second-order valence-corrected chi connectivity index (χ2v) is 5.05. The molecule has 0 aliphatic heterocycles. The van der Waals surface area contributed by atoms with Crippen LogP contribution >= 0.6 is 0 Å². The van der Waals surface area contributed by atoms with E-state index in [1.54, 1.807) is 6.07 Å². The predicted octanol–water partition coefficient (Wildman–Crippen LogP) is 3.83. The van der Waals surface area contributed by atoms with Crippen LogP contribution in [0.4, 0.5) is 0 Å². The van der Waals surface area contributed by atoms with Crippen LogP contribution in [0.2, 0.25) is 0 Å². The Labute approximate surface area is 128 Å². The monoisotopic (exact) mass is 292 g/mol. The topological polar surface area (TPSA) is 55.1 Å². The molecule has 0 unspecified atom stereocenters. The predicted molar refractivity (Wildman–Crippen MR) is 84.3 cm³/mol. The van der Waals surface area contributed by atoms with Crippen LogP contribution in [0.5, 0.6) is 0 Å². The minimum absolute atomic E-state index is 0.0982. The summed E-state index contributed by atoms with van der Waals surface area (Å²) in [7, 11) is 0. The molecule has 1 N–H and O–H groups in total. The van der Waals surface area contributed by atoms with E-state index < -0.39 is 0 Å². The molecule has 0 aliphatic carbocycles. The third kappa shape index (κ3) is 3.06. The molecule has 0 bridgehead atoms. The van der Waals surface area contributed by atoms with Crippen LogP contribution in [-0.4, -0.2) is 11.1 Å². The first kappa shape index (κ1) is 14.1. The van der Waals surface area contributed by atoms with Gasteiger partial charge in [-0.25, -0.2) is 0 Å². The summed E-state index contributed by atoms with van der Waals surface area (Å²) in [5.74, 6) is -0.0623. The Kier molecular flexibility index (Phi) is 4.01. The molecule has 4 nitrogen and oxygen atoms in total. The number of nitrogens with zero attached hydrogens (tertiary/aromatic N) is 1. The number of hydrogen-bond donors (Lipinski definition) is 1. The largest absolute Gasteiger partial charge is 0.350 e. The minimum Gasteiger partial charge on any atom is -0.350 e. The van der Waals surface area contributed by atoms with Crippen LogP contribution in [0.3, 0.4) is 0 Å². The Morgan fingerprint density at radius 1 is 1.05 bits per heavy atom. The maximum absolute atomic E-state index is 12.2. The Bertz CT molecular complexity index is 751. The molecule has 1 amide bonds. The number of hydrogen-bond acceptors (Lipinski definition) is 3. The van der Waals surface area contributed by atoms with Crippen molar-refractivity contribution in [2.75, 3.05) is 0 Å². The quantitative estimate of drug-likeness (QED) is 0.795. The van der Waals surface area contributed by atoms with Gasteiger partial charge in [0.05, 0.1) is 6.04 Å². The van der Waals surface area contributed by atoms with Crippen molar-refractivity contribution in [1.29, 1.82) is 0 Å². The maximum Gasteiger partial charge on any atom is 0.290 e. The van der Waals surface area contributed by atoms with Crippen molar-refractivity contribution in [2.45, 2.75) is 13.0 Å². The molecule has 0 spiro atoms. The Morgan fingerprint density at radius 2 is 1.68 bits per heavy atom. The standard InChI is InChI=1S/C18H16N2O2/c1-13(14-8-4-2-5-9-14)19-18(21)17-12-16(20-22-17)15-10-6-3-7-11-15/h2-13H,1H3,(H,19,21)/t13-/m0/s1. The zero-order valence-electron chi connectivity index (χ0n) is 12.2. The molecular formula is C18H16N2O2. The SMILES string of the molecule is C[C@H](NC(=O)c1cc(-c2ccccc2)no1)c1ccccc1. The summed E-state index contributed by atoms with van der Waals surface area (Å²) in [6.45, 7) is 1.93. The van der Waals surface area contributed by atoms with Gasteiger partial charge in [0.1, 0.15) is 5.69 Å². The summed E-state index contributed by atoms with van der Waals surface area (Å²) >= 11 is 0. The molecule has 3 rings (SSSR count). The van der Waals surface area contributed by atoms with Crippen molar-refractivity contribution in [3.63, 3.8) is 0 Å². The fraction of sp³-hybridized carbons (Fsp3) is 0.111. The molecule has 0 radical (unpaired) electrons. The van der Waals surface area contributed by atoms with Crippen LogP contribution in [0.25, 0.3) is 11.3 Å². The van der Waals surface area contributed by atoms with E-state index in [1.165, 1.54) is 0 Å². The molecule has 0 saturated heterocycles. The summed E-state index contributed by atoms with van der Waals surface area (Å²) < 4.78 is 5.16. The number of nitrogens with one attached hydrogen (secondary N) is 1. The number of aromatic nitrogens is 1.